The van der Waals surface area contributed by atoms with Crippen LogP contribution in [0, 0.1) is 5.92 Å². The fourth-order valence-corrected chi connectivity index (χ4v) is 3.35. The molecule has 5 heteroatoms. The Kier molecular flexibility index (Phi) is 3.09. The Morgan fingerprint density at radius 3 is 2.36 bits per heavy atom. The lowest BCUT2D eigenvalue weighted by atomic mass is 10.0. The Hall–Kier alpha value is -0.130. The van der Waals surface area contributed by atoms with Gasteiger partial charge in [-0.1, -0.05) is 0 Å². The van der Waals surface area contributed by atoms with E-state index in [2.05, 4.69) is 5.32 Å². The smallest absolute Gasteiger partial charge is 0.150 e. The van der Waals surface area contributed by atoms with Crippen LogP contribution in [0.4, 0.5) is 0 Å². The maximum absolute atomic E-state index is 11.2. The van der Waals surface area contributed by atoms with Crippen LogP contribution in [-0.2, 0) is 14.6 Å². The molecule has 2 heterocycles. The van der Waals surface area contributed by atoms with Crippen molar-refractivity contribution in [2.45, 2.75) is 18.9 Å². The van der Waals surface area contributed by atoms with Crippen molar-refractivity contribution in [1.82, 2.24) is 5.32 Å². The van der Waals surface area contributed by atoms with Crippen LogP contribution in [0.2, 0.25) is 0 Å². The number of hydrogen-bond acceptors (Lipinski definition) is 4. The second-order valence-electron chi connectivity index (χ2n) is 4.21. The van der Waals surface area contributed by atoms with Crippen LogP contribution < -0.4 is 5.32 Å². The molecule has 1 N–H and O–H groups in total. The molecule has 0 aromatic heterocycles. The highest BCUT2D eigenvalue weighted by Crippen LogP contribution is 2.19. The molecule has 4 nitrogen and oxygen atoms in total. The molecule has 0 atom stereocenters. The Morgan fingerprint density at radius 1 is 1.21 bits per heavy atom. The number of ether oxygens (including phenoxy) is 1. The second-order valence-corrected chi connectivity index (χ2v) is 6.51. The maximum Gasteiger partial charge on any atom is 0.150 e. The SMILES string of the molecule is O=S1(=O)CCC(COC2CNC2)CC1. The summed E-state index contributed by atoms with van der Waals surface area (Å²) in [6.07, 6.45) is 1.93. The highest BCUT2D eigenvalue weighted by molar-refractivity contribution is 7.91. The van der Waals surface area contributed by atoms with E-state index in [9.17, 15) is 8.42 Å². The van der Waals surface area contributed by atoms with Crippen LogP contribution in [-0.4, -0.2) is 45.7 Å². The fraction of sp³-hybridized carbons (Fsp3) is 1.00. The summed E-state index contributed by atoms with van der Waals surface area (Å²) >= 11 is 0. The van der Waals surface area contributed by atoms with E-state index in [1.54, 1.807) is 0 Å². The molecule has 2 aliphatic rings. The van der Waals surface area contributed by atoms with Crippen LogP contribution in [0.1, 0.15) is 12.8 Å². The van der Waals surface area contributed by atoms with Gasteiger partial charge < -0.3 is 10.1 Å². The normalized spacial score (nSPS) is 28.6. The van der Waals surface area contributed by atoms with Crippen LogP contribution in [0.15, 0.2) is 0 Å². The lowest BCUT2D eigenvalue weighted by molar-refractivity contribution is -0.00222. The van der Waals surface area contributed by atoms with Crippen molar-refractivity contribution < 1.29 is 13.2 Å². The highest BCUT2D eigenvalue weighted by Gasteiger charge is 2.25. The quantitative estimate of drug-likeness (QED) is 0.714. The van der Waals surface area contributed by atoms with E-state index in [0.717, 1.165) is 32.5 Å². The van der Waals surface area contributed by atoms with E-state index in [-0.39, 0.29) is 0 Å². The summed E-state index contributed by atoms with van der Waals surface area (Å²) in [5.74, 6) is 1.16. The first-order valence-electron chi connectivity index (χ1n) is 5.18. The van der Waals surface area contributed by atoms with Crippen LogP contribution in [0.25, 0.3) is 0 Å². The largest absolute Gasteiger partial charge is 0.375 e. The van der Waals surface area contributed by atoms with Gasteiger partial charge >= 0.3 is 0 Å². The Morgan fingerprint density at radius 2 is 1.86 bits per heavy atom. The molecule has 2 fully saturated rings. The molecule has 82 valence electrons. The summed E-state index contributed by atoms with van der Waals surface area (Å²) in [7, 11) is -2.71. The molecule has 0 radical (unpaired) electrons. The second kappa shape index (κ2) is 4.16. The van der Waals surface area contributed by atoms with Gasteiger partial charge in [0.15, 0.2) is 0 Å². The van der Waals surface area contributed by atoms with Gasteiger partial charge in [-0.2, -0.15) is 0 Å². The highest BCUT2D eigenvalue weighted by atomic mass is 32.2. The minimum atomic E-state index is -2.71. The summed E-state index contributed by atoms with van der Waals surface area (Å²) in [4.78, 5) is 0. The Balaban J connectivity index is 1.67. The van der Waals surface area contributed by atoms with Gasteiger partial charge in [-0.25, -0.2) is 8.42 Å². The molecule has 0 aromatic carbocycles. The first-order valence-corrected chi connectivity index (χ1v) is 7.00. The van der Waals surface area contributed by atoms with Crippen LogP contribution in [0.3, 0.4) is 0 Å². The molecule has 2 rings (SSSR count). The van der Waals surface area contributed by atoms with Crippen LogP contribution >= 0.6 is 0 Å². The predicted octanol–water partition coefficient (Wildman–Crippen LogP) is -0.200. The predicted molar refractivity (Wildman–Crippen MR) is 54.0 cm³/mol. The summed E-state index contributed by atoms with van der Waals surface area (Å²) in [6, 6.07) is 0. The monoisotopic (exact) mass is 219 g/mol. The number of rotatable bonds is 3. The van der Waals surface area contributed by atoms with Gasteiger partial charge in [0.1, 0.15) is 9.84 Å². The summed E-state index contributed by atoms with van der Waals surface area (Å²) < 4.78 is 27.9. The molecule has 0 saturated carbocycles. The van der Waals surface area contributed by atoms with Gasteiger partial charge in [0, 0.05) is 19.7 Å². The van der Waals surface area contributed by atoms with Gasteiger partial charge in [-0.05, 0) is 18.8 Å². The van der Waals surface area contributed by atoms with E-state index >= 15 is 0 Å². The van der Waals surface area contributed by atoms with Crippen molar-refractivity contribution in [2.75, 3.05) is 31.2 Å². The molecule has 14 heavy (non-hydrogen) atoms. The van der Waals surface area contributed by atoms with E-state index < -0.39 is 9.84 Å². The first kappa shape index (κ1) is 10.4. The standard InChI is InChI=1S/C9H17NO3S/c11-14(12)3-1-8(2-4-14)7-13-9-5-10-6-9/h8-10H,1-7H2. The number of nitrogens with one attached hydrogen (secondary N) is 1. The van der Waals surface area contributed by atoms with Gasteiger partial charge in [0.2, 0.25) is 0 Å². The van der Waals surface area contributed by atoms with E-state index in [0.29, 0.717) is 23.5 Å². The fourth-order valence-electron chi connectivity index (χ4n) is 1.76. The molecule has 0 aliphatic carbocycles. The van der Waals surface area contributed by atoms with Crippen molar-refractivity contribution in [3.63, 3.8) is 0 Å². The Bertz CT molecular complexity index is 270. The lowest BCUT2D eigenvalue weighted by Gasteiger charge is -2.30. The van der Waals surface area contributed by atoms with Crippen molar-refractivity contribution in [1.29, 1.82) is 0 Å². The third-order valence-corrected chi connectivity index (χ3v) is 4.70. The minimum absolute atomic E-state index is 0.351. The molecule has 0 aromatic rings. The molecule has 2 saturated heterocycles. The van der Waals surface area contributed by atoms with Gasteiger partial charge in [-0.15, -0.1) is 0 Å². The summed E-state index contributed by atoms with van der Waals surface area (Å²) in [5.41, 5.74) is 0. The molecule has 0 unspecified atom stereocenters. The molecule has 2 aliphatic heterocycles. The van der Waals surface area contributed by atoms with Crippen molar-refractivity contribution in [3.8, 4) is 0 Å². The number of hydrogen-bond donors (Lipinski definition) is 1. The molecule has 0 bridgehead atoms. The van der Waals surface area contributed by atoms with E-state index in [4.69, 9.17) is 4.74 Å². The third kappa shape index (κ3) is 2.68. The van der Waals surface area contributed by atoms with E-state index in [1.165, 1.54) is 0 Å². The van der Waals surface area contributed by atoms with E-state index in [1.807, 2.05) is 0 Å². The van der Waals surface area contributed by atoms with Crippen molar-refractivity contribution >= 4 is 9.84 Å². The third-order valence-electron chi connectivity index (χ3n) is 2.99. The van der Waals surface area contributed by atoms with Crippen LogP contribution in [0.5, 0.6) is 0 Å². The lowest BCUT2D eigenvalue weighted by Crippen LogP contribution is -2.49. The van der Waals surface area contributed by atoms with Gasteiger partial charge in [0.25, 0.3) is 0 Å². The zero-order chi connectivity index (χ0) is 10.0. The zero-order valence-electron chi connectivity index (χ0n) is 8.24. The average Bonchev–Trinajstić information content (AvgIpc) is 2.05. The van der Waals surface area contributed by atoms with Gasteiger partial charge in [0.05, 0.1) is 17.6 Å². The molecule has 0 spiro atoms. The molecule has 0 amide bonds. The maximum atomic E-state index is 11.2. The Labute approximate surface area is 84.9 Å². The van der Waals surface area contributed by atoms with Crippen molar-refractivity contribution in [3.05, 3.63) is 0 Å². The first-order chi connectivity index (χ1) is 6.66. The van der Waals surface area contributed by atoms with Crippen molar-refractivity contribution in [2.24, 2.45) is 5.92 Å². The van der Waals surface area contributed by atoms with Gasteiger partial charge in [-0.3, -0.25) is 0 Å². The summed E-state index contributed by atoms with van der Waals surface area (Å²) in [6.45, 7) is 2.64. The zero-order valence-corrected chi connectivity index (χ0v) is 9.05. The summed E-state index contributed by atoms with van der Waals surface area (Å²) in [5, 5.41) is 3.14. The molecular weight excluding hydrogens is 202 g/mol. The molecular formula is C9H17NO3S. The minimum Gasteiger partial charge on any atom is -0.375 e. The number of sulfone groups is 1. The average molecular weight is 219 g/mol. The topological polar surface area (TPSA) is 55.4 Å².